The first-order valence-electron chi connectivity index (χ1n) is 5.94. The van der Waals surface area contributed by atoms with Gasteiger partial charge in [0.25, 0.3) is 0 Å². The van der Waals surface area contributed by atoms with E-state index in [1.807, 2.05) is 7.05 Å². The second-order valence-corrected chi connectivity index (χ2v) is 4.38. The van der Waals surface area contributed by atoms with E-state index in [-0.39, 0.29) is 6.10 Å². The van der Waals surface area contributed by atoms with Gasteiger partial charge in [-0.2, -0.15) is 0 Å². The summed E-state index contributed by atoms with van der Waals surface area (Å²) in [5.74, 6) is 1.06. The minimum Gasteiger partial charge on any atom is -0.493 e. The van der Waals surface area contributed by atoms with Crippen molar-refractivity contribution in [3.8, 4) is 5.75 Å². The van der Waals surface area contributed by atoms with Crippen LogP contribution < -0.4 is 10.1 Å². The van der Waals surface area contributed by atoms with Crippen LogP contribution in [0.3, 0.4) is 0 Å². The zero-order valence-electron chi connectivity index (χ0n) is 9.58. The largest absolute Gasteiger partial charge is 0.493 e. The quantitative estimate of drug-likeness (QED) is 0.816. The molecule has 3 rings (SSSR count). The molecule has 0 saturated heterocycles. The maximum atomic E-state index is 5.85. The molecule has 1 atom stereocenters. The first kappa shape index (κ1) is 10.1. The van der Waals surface area contributed by atoms with Crippen LogP contribution in [0.1, 0.15) is 22.8 Å². The molecule has 0 saturated carbocycles. The molecule has 0 bridgehead atoms. The Hall–Kier alpha value is -1.06. The molecule has 3 heteroatoms. The molecule has 1 N–H and O–H groups in total. The van der Waals surface area contributed by atoms with Gasteiger partial charge in [0.15, 0.2) is 0 Å². The van der Waals surface area contributed by atoms with Gasteiger partial charge in [-0.05, 0) is 30.7 Å². The van der Waals surface area contributed by atoms with Gasteiger partial charge >= 0.3 is 0 Å². The molecule has 0 unspecified atom stereocenters. The first-order chi connectivity index (χ1) is 7.90. The molecule has 1 aromatic carbocycles. The molecule has 2 aliphatic rings. The number of ether oxygens (including phenoxy) is 2. The molecule has 2 aliphatic heterocycles. The zero-order chi connectivity index (χ0) is 11.0. The molecule has 0 fully saturated rings. The smallest absolute Gasteiger partial charge is 0.123 e. The van der Waals surface area contributed by atoms with E-state index in [1.165, 1.54) is 16.7 Å². The van der Waals surface area contributed by atoms with Crippen LogP contribution in [0.2, 0.25) is 0 Å². The van der Waals surface area contributed by atoms with E-state index in [4.69, 9.17) is 9.47 Å². The van der Waals surface area contributed by atoms with Crippen molar-refractivity contribution in [3.05, 3.63) is 28.8 Å². The molecule has 0 spiro atoms. The molecule has 0 amide bonds. The number of nitrogens with one attached hydrogen (secondary N) is 1. The Morgan fingerprint density at radius 3 is 3.12 bits per heavy atom. The summed E-state index contributed by atoms with van der Waals surface area (Å²) >= 11 is 0. The Balaban J connectivity index is 2.06. The van der Waals surface area contributed by atoms with Crippen LogP contribution in [0.5, 0.6) is 5.75 Å². The number of hydrogen-bond donors (Lipinski definition) is 1. The van der Waals surface area contributed by atoms with Crippen LogP contribution in [0, 0.1) is 0 Å². The van der Waals surface area contributed by atoms with Crippen LogP contribution in [-0.2, 0) is 17.6 Å². The van der Waals surface area contributed by atoms with Crippen molar-refractivity contribution in [2.45, 2.75) is 18.9 Å². The highest BCUT2D eigenvalue weighted by molar-refractivity contribution is 5.49. The average molecular weight is 219 g/mol. The summed E-state index contributed by atoms with van der Waals surface area (Å²) in [7, 11) is 1.97. The topological polar surface area (TPSA) is 30.5 Å². The minimum absolute atomic E-state index is 0.199. The fourth-order valence-corrected chi connectivity index (χ4v) is 2.71. The van der Waals surface area contributed by atoms with Crippen LogP contribution in [0.25, 0.3) is 0 Å². The number of hydrogen-bond acceptors (Lipinski definition) is 3. The summed E-state index contributed by atoms with van der Waals surface area (Å²) in [5, 5.41) is 3.20. The predicted molar refractivity (Wildman–Crippen MR) is 62.0 cm³/mol. The molecule has 86 valence electrons. The van der Waals surface area contributed by atoms with Gasteiger partial charge in [-0.3, -0.25) is 0 Å². The fraction of sp³-hybridized carbons (Fsp3) is 0.538. The minimum atomic E-state index is 0.199. The van der Waals surface area contributed by atoms with E-state index in [0.717, 1.165) is 38.3 Å². The molecular formula is C13H17NO2. The monoisotopic (exact) mass is 219 g/mol. The highest BCUT2D eigenvalue weighted by atomic mass is 16.5. The van der Waals surface area contributed by atoms with Gasteiger partial charge < -0.3 is 14.8 Å². The van der Waals surface area contributed by atoms with Crippen molar-refractivity contribution in [3.63, 3.8) is 0 Å². The molecular weight excluding hydrogens is 202 g/mol. The van der Waals surface area contributed by atoms with E-state index in [2.05, 4.69) is 17.4 Å². The lowest BCUT2D eigenvalue weighted by atomic mass is 9.91. The lowest BCUT2D eigenvalue weighted by Gasteiger charge is -2.27. The molecule has 0 radical (unpaired) electrons. The standard InChI is InChI=1S/C13H17NO2/c1-14-8-12-13-9(4-6-16-12)2-3-11-10(13)5-7-15-11/h2-3,12,14H,4-8H2,1H3/t12-/m0/s1. The van der Waals surface area contributed by atoms with E-state index < -0.39 is 0 Å². The molecule has 1 aromatic rings. The molecule has 16 heavy (non-hydrogen) atoms. The number of likely N-dealkylation sites (N-methyl/N-ethyl adjacent to an activating group) is 1. The number of fused-ring (bicyclic) bond motifs is 3. The summed E-state index contributed by atoms with van der Waals surface area (Å²) in [6, 6.07) is 4.31. The van der Waals surface area contributed by atoms with Gasteiger partial charge in [0.05, 0.1) is 19.3 Å². The van der Waals surface area contributed by atoms with E-state index in [9.17, 15) is 0 Å². The summed E-state index contributed by atoms with van der Waals surface area (Å²) in [6.07, 6.45) is 2.26. The number of rotatable bonds is 2. The Morgan fingerprint density at radius 2 is 2.25 bits per heavy atom. The normalized spacial score (nSPS) is 22.4. The summed E-state index contributed by atoms with van der Waals surface area (Å²) in [4.78, 5) is 0. The van der Waals surface area contributed by atoms with Crippen molar-refractivity contribution in [1.82, 2.24) is 5.32 Å². The molecule has 2 heterocycles. The zero-order valence-corrected chi connectivity index (χ0v) is 9.58. The Labute approximate surface area is 95.8 Å². The van der Waals surface area contributed by atoms with Crippen molar-refractivity contribution in [2.24, 2.45) is 0 Å². The Morgan fingerprint density at radius 1 is 1.31 bits per heavy atom. The molecule has 3 nitrogen and oxygen atoms in total. The molecule has 0 aliphatic carbocycles. The third-order valence-electron chi connectivity index (χ3n) is 3.42. The van der Waals surface area contributed by atoms with Gasteiger partial charge in [0, 0.05) is 18.5 Å². The summed E-state index contributed by atoms with van der Waals surface area (Å²) in [6.45, 7) is 2.53. The third-order valence-corrected chi connectivity index (χ3v) is 3.42. The highest BCUT2D eigenvalue weighted by Gasteiger charge is 2.27. The van der Waals surface area contributed by atoms with Crippen LogP contribution in [-0.4, -0.2) is 26.8 Å². The van der Waals surface area contributed by atoms with Crippen molar-refractivity contribution < 1.29 is 9.47 Å². The lowest BCUT2D eigenvalue weighted by Crippen LogP contribution is -2.26. The highest BCUT2D eigenvalue weighted by Crippen LogP contribution is 2.37. The third kappa shape index (κ3) is 1.51. The van der Waals surface area contributed by atoms with Gasteiger partial charge in [0.1, 0.15) is 5.75 Å². The van der Waals surface area contributed by atoms with Crippen LogP contribution in [0.15, 0.2) is 12.1 Å². The Kier molecular flexibility index (Phi) is 2.58. The van der Waals surface area contributed by atoms with E-state index in [0.29, 0.717) is 0 Å². The van der Waals surface area contributed by atoms with Gasteiger partial charge in [-0.25, -0.2) is 0 Å². The summed E-state index contributed by atoms with van der Waals surface area (Å²) < 4.78 is 11.5. The van der Waals surface area contributed by atoms with Crippen molar-refractivity contribution in [2.75, 3.05) is 26.8 Å². The summed E-state index contributed by atoms with van der Waals surface area (Å²) in [5.41, 5.74) is 4.20. The first-order valence-corrected chi connectivity index (χ1v) is 5.94. The van der Waals surface area contributed by atoms with Crippen LogP contribution in [0.4, 0.5) is 0 Å². The Bertz CT molecular complexity index is 403. The van der Waals surface area contributed by atoms with Crippen LogP contribution >= 0.6 is 0 Å². The fourth-order valence-electron chi connectivity index (χ4n) is 2.71. The predicted octanol–water partition coefficient (Wildman–Crippen LogP) is 1.45. The average Bonchev–Trinajstić information content (AvgIpc) is 2.77. The maximum absolute atomic E-state index is 5.85. The second-order valence-electron chi connectivity index (χ2n) is 4.38. The van der Waals surface area contributed by atoms with Gasteiger partial charge in [-0.15, -0.1) is 0 Å². The van der Waals surface area contributed by atoms with Crippen molar-refractivity contribution >= 4 is 0 Å². The lowest BCUT2D eigenvalue weighted by molar-refractivity contribution is 0.0432. The second kappa shape index (κ2) is 4.07. The number of benzene rings is 1. The SMILES string of the molecule is CNC[C@@H]1OCCc2ccc3c(c21)CCO3. The van der Waals surface area contributed by atoms with E-state index in [1.54, 1.807) is 0 Å². The molecule has 0 aromatic heterocycles. The van der Waals surface area contributed by atoms with E-state index >= 15 is 0 Å². The van der Waals surface area contributed by atoms with Gasteiger partial charge in [0.2, 0.25) is 0 Å². The van der Waals surface area contributed by atoms with Gasteiger partial charge in [-0.1, -0.05) is 6.07 Å². The van der Waals surface area contributed by atoms with Crippen molar-refractivity contribution in [1.29, 1.82) is 0 Å². The maximum Gasteiger partial charge on any atom is 0.123 e.